The van der Waals surface area contributed by atoms with E-state index in [1.54, 1.807) is 0 Å². The molecule has 4 heteroatoms. The average molecular weight is 285 g/mol. The van der Waals surface area contributed by atoms with Crippen molar-refractivity contribution in [1.82, 2.24) is 14.6 Å². The van der Waals surface area contributed by atoms with E-state index in [2.05, 4.69) is 38.9 Å². The zero-order valence-corrected chi connectivity index (χ0v) is 12.3. The minimum Gasteiger partial charge on any atom is -0.316 e. The molecule has 2 aliphatic rings. The number of piperidine rings is 1. The number of nitrogens with one attached hydrogen (secondary N) is 1. The molecule has 0 bridgehead atoms. The summed E-state index contributed by atoms with van der Waals surface area (Å²) < 4.78 is 2.55. The van der Waals surface area contributed by atoms with Crippen LogP contribution in [0.15, 0.2) is 41.6 Å². The van der Waals surface area contributed by atoms with Crippen molar-refractivity contribution in [3.63, 3.8) is 0 Å². The van der Waals surface area contributed by atoms with Crippen LogP contribution in [0.1, 0.15) is 6.42 Å². The number of hydrogen-bond acceptors (Lipinski definition) is 4. The highest BCUT2D eigenvalue weighted by molar-refractivity contribution is 7.97. The fourth-order valence-electron chi connectivity index (χ4n) is 3.41. The van der Waals surface area contributed by atoms with Crippen molar-refractivity contribution in [3.05, 3.63) is 36.7 Å². The van der Waals surface area contributed by atoms with Gasteiger partial charge in [-0.3, -0.25) is 4.98 Å². The zero-order chi connectivity index (χ0) is 13.4. The molecule has 2 aromatic rings. The van der Waals surface area contributed by atoms with Crippen LogP contribution < -0.4 is 5.32 Å². The molecule has 4 rings (SSSR count). The number of benzene rings is 1. The molecule has 2 aliphatic heterocycles. The zero-order valence-electron chi connectivity index (χ0n) is 11.5. The minimum absolute atomic E-state index is 0.841. The third-order valence-corrected chi connectivity index (χ3v) is 5.62. The van der Waals surface area contributed by atoms with Crippen LogP contribution in [0.25, 0.3) is 10.8 Å². The van der Waals surface area contributed by atoms with Crippen LogP contribution in [-0.4, -0.2) is 35.5 Å². The van der Waals surface area contributed by atoms with Crippen molar-refractivity contribution in [2.45, 2.75) is 11.3 Å². The molecule has 20 heavy (non-hydrogen) atoms. The molecule has 0 spiro atoms. The summed E-state index contributed by atoms with van der Waals surface area (Å²) in [5.41, 5.74) is 0. The maximum absolute atomic E-state index is 4.21. The quantitative estimate of drug-likeness (QED) is 0.859. The van der Waals surface area contributed by atoms with Gasteiger partial charge in [-0.25, -0.2) is 4.31 Å². The van der Waals surface area contributed by atoms with Gasteiger partial charge in [0.15, 0.2) is 0 Å². The number of fused-ring (bicyclic) bond motifs is 2. The fraction of sp³-hybridized carbons (Fsp3) is 0.438. The van der Waals surface area contributed by atoms with E-state index in [1.807, 2.05) is 24.3 Å². The van der Waals surface area contributed by atoms with Crippen molar-refractivity contribution in [2.75, 3.05) is 26.2 Å². The van der Waals surface area contributed by atoms with Crippen molar-refractivity contribution in [1.29, 1.82) is 0 Å². The highest BCUT2D eigenvalue weighted by Crippen LogP contribution is 2.37. The van der Waals surface area contributed by atoms with Gasteiger partial charge in [0.05, 0.1) is 0 Å². The Morgan fingerprint density at radius 1 is 1.20 bits per heavy atom. The first-order chi connectivity index (χ1) is 9.90. The van der Waals surface area contributed by atoms with Crippen LogP contribution in [0.4, 0.5) is 0 Å². The van der Waals surface area contributed by atoms with Crippen LogP contribution >= 0.6 is 11.9 Å². The van der Waals surface area contributed by atoms with Gasteiger partial charge in [-0.05, 0) is 60.8 Å². The summed E-state index contributed by atoms with van der Waals surface area (Å²) in [7, 11) is 0. The standard InChI is InChI=1S/C16H19N3S/c1-2-12-8-18-7-5-15(12)16(3-1)20-19-10-13-4-6-17-9-14(13)11-19/h1-3,5,7-8,13-14,17H,4,6,9-11H2. The highest BCUT2D eigenvalue weighted by atomic mass is 32.2. The number of hydrogen-bond donors (Lipinski definition) is 1. The van der Waals surface area contributed by atoms with Crippen LogP contribution in [0, 0.1) is 11.8 Å². The van der Waals surface area contributed by atoms with E-state index >= 15 is 0 Å². The Bertz CT molecular complexity index is 596. The Hall–Kier alpha value is -1.10. The molecule has 0 aliphatic carbocycles. The van der Waals surface area contributed by atoms with E-state index < -0.39 is 0 Å². The molecule has 3 nitrogen and oxygen atoms in total. The van der Waals surface area contributed by atoms with Crippen LogP contribution in [0.5, 0.6) is 0 Å². The lowest BCUT2D eigenvalue weighted by Crippen LogP contribution is -2.35. The van der Waals surface area contributed by atoms with E-state index in [1.165, 1.54) is 48.3 Å². The molecule has 1 N–H and O–H groups in total. The number of pyridine rings is 1. The Kier molecular flexibility index (Phi) is 3.38. The molecule has 0 radical (unpaired) electrons. The third kappa shape index (κ3) is 2.32. The molecule has 1 aromatic heterocycles. The number of aromatic nitrogens is 1. The monoisotopic (exact) mass is 285 g/mol. The Balaban J connectivity index is 1.56. The molecular formula is C16H19N3S. The van der Waals surface area contributed by atoms with E-state index in [0.29, 0.717) is 0 Å². The van der Waals surface area contributed by atoms with Gasteiger partial charge in [0.25, 0.3) is 0 Å². The van der Waals surface area contributed by atoms with Gasteiger partial charge in [-0.2, -0.15) is 0 Å². The lowest BCUT2D eigenvalue weighted by Gasteiger charge is -2.24. The Morgan fingerprint density at radius 2 is 2.15 bits per heavy atom. The van der Waals surface area contributed by atoms with Gasteiger partial charge in [-0.15, -0.1) is 0 Å². The van der Waals surface area contributed by atoms with Crippen LogP contribution in [0.2, 0.25) is 0 Å². The average Bonchev–Trinajstić information content (AvgIpc) is 2.90. The Morgan fingerprint density at radius 3 is 3.10 bits per heavy atom. The minimum atomic E-state index is 0.841. The van der Waals surface area contributed by atoms with Crippen molar-refractivity contribution in [2.24, 2.45) is 11.8 Å². The summed E-state index contributed by atoms with van der Waals surface area (Å²) in [6.07, 6.45) is 5.17. The second-order valence-electron chi connectivity index (χ2n) is 5.80. The van der Waals surface area contributed by atoms with Gasteiger partial charge in [0.1, 0.15) is 0 Å². The van der Waals surface area contributed by atoms with E-state index in [-0.39, 0.29) is 0 Å². The van der Waals surface area contributed by atoms with E-state index in [0.717, 1.165) is 11.8 Å². The first-order valence-electron chi connectivity index (χ1n) is 7.36. The second kappa shape index (κ2) is 5.35. The maximum atomic E-state index is 4.21. The van der Waals surface area contributed by atoms with Crippen molar-refractivity contribution >= 4 is 22.7 Å². The lowest BCUT2D eigenvalue weighted by molar-refractivity contribution is 0.318. The Labute approximate surface area is 123 Å². The highest BCUT2D eigenvalue weighted by Gasteiger charge is 2.34. The topological polar surface area (TPSA) is 28.2 Å². The number of nitrogens with zero attached hydrogens (tertiary/aromatic N) is 2. The summed E-state index contributed by atoms with van der Waals surface area (Å²) in [5.74, 6) is 1.73. The van der Waals surface area contributed by atoms with Gasteiger partial charge in [0, 0.05) is 35.8 Å². The summed E-state index contributed by atoms with van der Waals surface area (Å²) >= 11 is 1.92. The molecule has 0 saturated carbocycles. The summed E-state index contributed by atoms with van der Waals surface area (Å²) in [6, 6.07) is 8.63. The molecule has 104 valence electrons. The summed E-state index contributed by atoms with van der Waals surface area (Å²) in [4.78, 5) is 5.57. The molecular weight excluding hydrogens is 266 g/mol. The summed E-state index contributed by atoms with van der Waals surface area (Å²) in [5, 5.41) is 6.08. The number of rotatable bonds is 2. The summed E-state index contributed by atoms with van der Waals surface area (Å²) in [6.45, 7) is 4.84. The first-order valence-corrected chi connectivity index (χ1v) is 8.14. The molecule has 0 amide bonds. The van der Waals surface area contributed by atoms with Crippen molar-refractivity contribution < 1.29 is 0 Å². The SMILES string of the molecule is c1cc(SN2CC3CCNCC3C2)c2ccncc2c1. The van der Waals surface area contributed by atoms with Crippen LogP contribution in [0.3, 0.4) is 0 Å². The van der Waals surface area contributed by atoms with Crippen molar-refractivity contribution in [3.8, 4) is 0 Å². The normalized spacial score (nSPS) is 26.8. The smallest absolute Gasteiger partial charge is 0.0346 e. The first kappa shape index (κ1) is 12.6. The molecule has 2 atom stereocenters. The van der Waals surface area contributed by atoms with Gasteiger partial charge in [-0.1, -0.05) is 12.1 Å². The molecule has 3 heterocycles. The molecule has 1 aromatic carbocycles. The van der Waals surface area contributed by atoms with Gasteiger partial charge < -0.3 is 5.32 Å². The predicted molar refractivity (Wildman–Crippen MR) is 83.6 cm³/mol. The molecule has 2 unspecified atom stereocenters. The fourth-order valence-corrected chi connectivity index (χ4v) is 4.65. The van der Waals surface area contributed by atoms with Crippen LogP contribution in [-0.2, 0) is 0 Å². The van der Waals surface area contributed by atoms with Gasteiger partial charge in [0.2, 0.25) is 0 Å². The predicted octanol–water partition coefficient (Wildman–Crippen LogP) is 2.78. The van der Waals surface area contributed by atoms with E-state index in [4.69, 9.17) is 0 Å². The van der Waals surface area contributed by atoms with E-state index in [9.17, 15) is 0 Å². The van der Waals surface area contributed by atoms with Gasteiger partial charge >= 0.3 is 0 Å². The molecule has 2 fully saturated rings. The largest absolute Gasteiger partial charge is 0.316 e. The second-order valence-corrected chi connectivity index (χ2v) is 6.94. The lowest BCUT2D eigenvalue weighted by atomic mass is 9.90. The maximum Gasteiger partial charge on any atom is 0.0346 e. The third-order valence-electron chi connectivity index (χ3n) is 4.51. The molecule has 2 saturated heterocycles.